The van der Waals surface area contributed by atoms with E-state index in [1.807, 2.05) is 13.8 Å². The standard InChI is InChI=1S/C10H16BrN3O/c1-3-12-6-5-9(15)10-8(11)7-13-14(10)4-2/h7,12H,3-6H2,1-2H3. The third-order valence-corrected chi connectivity index (χ3v) is 2.72. The van der Waals surface area contributed by atoms with Gasteiger partial charge in [-0.3, -0.25) is 9.48 Å². The molecule has 15 heavy (non-hydrogen) atoms. The van der Waals surface area contributed by atoms with Gasteiger partial charge < -0.3 is 5.32 Å². The Balaban J connectivity index is 2.67. The highest BCUT2D eigenvalue weighted by Crippen LogP contribution is 2.17. The maximum Gasteiger partial charge on any atom is 0.183 e. The quantitative estimate of drug-likeness (QED) is 0.636. The number of Topliss-reactive ketones (excluding diaryl/α,β-unsaturated/α-hetero) is 1. The van der Waals surface area contributed by atoms with Crippen molar-refractivity contribution in [1.29, 1.82) is 0 Å². The molecule has 1 aromatic rings. The average molecular weight is 274 g/mol. The van der Waals surface area contributed by atoms with Crippen molar-refractivity contribution < 1.29 is 4.79 Å². The fourth-order valence-corrected chi connectivity index (χ4v) is 1.89. The Bertz CT molecular complexity index is 335. The number of rotatable bonds is 6. The second kappa shape index (κ2) is 6.02. The number of nitrogens with one attached hydrogen (secondary N) is 1. The molecule has 0 unspecified atom stereocenters. The summed E-state index contributed by atoms with van der Waals surface area (Å²) < 4.78 is 2.50. The van der Waals surface area contributed by atoms with Gasteiger partial charge in [0.05, 0.1) is 10.7 Å². The van der Waals surface area contributed by atoms with Crippen LogP contribution in [0.2, 0.25) is 0 Å². The highest BCUT2D eigenvalue weighted by molar-refractivity contribution is 9.10. The lowest BCUT2D eigenvalue weighted by atomic mass is 10.2. The van der Waals surface area contributed by atoms with Crippen molar-refractivity contribution in [2.45, 2.75) is 26.8 Å². The van der Waals surface area contributed by atoms with Crippen LogP contribution in [-0.2, 0) is 6.54 Å². The molecule has 0 radical (unpaired) electrons. The smallest absolute Gasteiger partial charge is 0.183 e. The highest BCUT2D eigenvalue weighted by Gasteiger charge is 2.15. The number of carbonyl (C=O) groups excluding carboxylic acids is 1. The van der Waals surface area contributed by atoms with E-state index >= 15 is 0 Å². The first-order chi connectivity index (χ1) is 7.20. The van der Waals surface area contributed by atoms with Crippen LogP contribution >= 0.6 is 15.9 Å². The molecule has 0 aromatic carbocycles. The molecule has 0 saturated carbocycles. The van der Waals surface area contributed by atoms with Crippen LogP contribution in [0.15, 0.2) is 10.7 Å². The molecule has 84 valence electrons. The monoisotopic (exact) mass is 273 g/mol. The van der Waals surface area contributed by atoms with Gasteiger partial charge in [-0.2, -0.15) is 5.10 Å². The van der Waals surface area contributed by atoms with Crippen LogP contribution in [0.1, 0.15) is 30.8 Å². The summed E-state index contributed by atoms with van der Waals surface area (Å²) in [7, 11) is 0. The zero-order valence-corrected chi connectivity index (χ0v) is 10.7. The summed E-state index contributed by atoms with van der Waals surface area (Å²) >= 11 is 3.34. The maximum atomic E-state index is 11.9. The van der Waals surface area contributed by atoms with Crippen LogP contribution in [0.4, 0.5) is 0 Å². The minimum absolute atomic E-state index is 0.127. The Kier molecular flexibility index (Phi) is 4.98. The van der Waals surface area contributed by atoms with E-state index in [-0.39, 0.29) is 5.78 Å². The van der Waals surface area contributed by atoms with Gasteiger partial charge >= 0.3 is 0 Å². The molecule has 1 aromatic heterocycles. The van der Waals surface area contributed by atoms with E-state index in [1.54, 1.807) is 10.9 Å². The Labute approximate surface area is 98.2 Å². The van der Waals surface area contributed by atoms with Crippen LogP contribution in [0, 0.1) is 0 Å². The lowest BCUT2D eigenvalue weighted by molar-refractivity contribution is 0.0971. The lowest BCUT2D eigenvalue weighted by Crippen LogP contribution is -2.19. The van der Waals surface area contributed by atoms with Crippen LogP contribution < -0.4 is 5.32 Å². The lowest BCUT2D eigenvalue weighted by Gasteiger charge is -2.04. The SMILES string of the molecule is CCNCCC(=O)c1c(Br)cnn1CC. The molecule has 1 heterocycles. The predicted octanol–water partition coefficient (Wildman–Crippen LogP) is 1.85. The van der Waals surface area contributed by atoms with Crippen LogP contribution in [-0.4, -0.2) is 28.7 Å². The van der Waals surface area contributed by atoms with E-state index in [0.717, 1.165) is 17.6 Å². The summed E-state index contributed by atoms with van der Waals surface area (Å²) in [5.41, 5.74) is 0.676. The minimum Gasteiger partial charge on any atom is -0.317 e. The number of ketones is 1. The second-order valence-corrected chi connectivity index (χ2v) is 4.04. The van der Waals surface area contributed by atoms with Gasteiger partial charge in [0.2, 0.25) is 0 Å². The number of aromatic nitrogens is 2. The molecule has 0 atom stereocenters. The van der Waals surface area contributed by atoms with Crippen LogP contribution in [0.5, 0.6) is 0 Å². The van der Waals surface area contributed by atoms with E-state index in [4.69, 9.17) is 0 Å². The average Bonchev–Trinajstić information content (AvgIpc) is 2.59. The van der Waals surface area contributed by atoms with Crippen molar-refractivity contribution in [3.05, 3.63) is 16.4 Å². The van der Waals surface area contributed by atoms with Crippen LogP contribution in [0.3, 0.4) is 0 Å². The summed E-state index contributed by atoms with van der Waals surface area (Å²) in [5, 5.41) is 7.24. The first-order valence-corrected chi connectivity index (χ1v) is 5.95. The van der Waals surface area contributed by atoms with E-state index in [2.05, 4.69) is 26.3 Å². The van der Waals surface area contributed by atoms with Crippen molar-refractivity contribution in [2.75, 3.05) is 13.1 Å². The Morgan fingerprint density at radius 3 is 2.93 bits per heavy atom. The van der Waals surface area contributed by atoms with E-state index < -0.39 is 0 Å². The Morgan fingerprint density at radius 1 is 1.60 bits per heavy atom. The zero-order chi connectivity index (χ0) is 11.3. The third-order valence-electron chi connectivity index (χ3n) is 2.14. The van der Waals surface area contributed by atoms with Gasteiger partial charge in [0.15, 0.2) is 5.78 Å². The number of carbonyl (C=O) groups is 1. The molecule has 0 aliphatic carbocycles. The molecule has 0 bridgehead atoms. The number of hydrogen-bond acceptors (Lipinski definition) is 3. The Hall–Kier alpha value is -0.680. The molecule has 0 aliphatic heterocycles. The van der Waals surface area contributed by atoms with Crippen molar-refractivity contribution in [3.63, 3.8) is 0 Å². The number of hydrogen-bond donors (Lipinski definition) is 1. The summed E-state index contributed by atoms with van der Waals surface area (Å²) in [6.07, 6.45) is 2.18. The van der Waals surface area contributed by atoms with E-state index in [0.29, 0.717) is 18.7 Å². The summed E-state index contributed by atoms with van der Waals surface area (Å²) in [6.45, 7) is 6.32. The first-order valence-electron chi connectivity index (χ1n) is 5.15. The third kappa shape index (κ3) is 3.14. The molecule has 5 heteroatoms. The number of halogens is 1. The van der Waals surface area contributed by atoms with Gasteiger partial charge in [0, 0.05) is 19.5 Å². The van der Waals surface area contributed by atoms with E-state index in [1.165, 1.54) is 0 Å². The van der Waals surface area contributed by atoms with Crippen molar-refractivity contribution in [2.24, 2.45) is 0 Å². The summed E-state index contributed by atoms with van der Waals surface area (Å²) in [4.78, 5) is 11.9. The maximum absolute atomic E-state index is 11.9. The molecule has 0 aliphatic rings. The topological polar surface area (TPSA) is 46.9 Å². The molecule has 1 rings (SSSR count). The number of aryl methyl sites for hydroxylation is 1. The van der Waals surface area contributed by atoms with Gasteiger partial charge in [-0.15, -0.1) is 0 Å². The van der Waals surface area contributed by atoms with Crippen molar-refractivity contribution in [3.8, 4) is 0 Å². The zero-order valence-electron chi connectivity index (χ0n) is 9.09. The summed E-state index contributed by atoms with van der Waals surface area (Å²) in [6, 6.07) is 0. The largest absolute Gasteiger partial charge is 0.317 e. The van der Waals surface area contributed by atoms with Gasteiger partial charge in [-0.05, 0) is 29.4 Å². The molecule has 0 amide bonds. The predicted molar refractivity (Wildman–Crippen MR) is 63.1 cm³/mol. The van der Waals surface area contributed by atoms with Gasteiger partial charge in [-0.25, -0.2) is 0 Å². The van der Waals surface area contributed by atoms with Crippen molar-refractivity contribution >= 4 is 21.7 Å². The molecule has 1 N–H and O–H groups in total. The molecule has 0 fully saturated rings. The van der Waals surface area contributed by atoms with Crippen molar-refractivity contribution in [1.82, 2.24) is 15.1 Å². The van der Waals surface area contributed by atoms with Gasteiger partial charge in [0.1, 0.15) is 5.69 Å². The van der Waals surface area contributed by atoms with Crippen LogP contribution in [0.25, 0.3) is 0 Å². The van der Waals surface area contributed by atoms with Gasteiger partial charge in [0.25, 0.3) is 0 Å². The Morgan fingerprint density at radius 2 is 2.33 bits per heavy atom. The second-order valence-electron chi connectivity index (χ2n) is 3.18. The highest BCUT2D eigenvalue weighted by atomic mass is 79.9. The molecular weight excluding hydrogens is 258 g/mol. The van der Waals surface area contributed by atoms with Gasteiger partial charge in [-0.1, -0.05) is 6.92 Å². The molecular formula is C10H16BrN3O. The minimum atomic E-state index is 0.127. The number of nitrogens with zero attached hydrogens (tertiary/aromatic N) is 2. The molecule has 0 spiro atoms. The van der Waals surface area contributed by atoms with E-state index in [9.17, 15) is 4.79 Å². The normalized spacial score (nSPS) is 10.6. The molecule has 4 nitrogen and oxygen atoms in total. The first kappa shape index (κ1) is 12.4. The summed E-state index contributed by atoms with van der Waals surface area (Å²) in [5.74, 6) is 0.127. The fourth-order valence-electron chi connectivity index (χ4n) is 1.38. The molecule has 0 saturated heterocycles. The fraction of sp³-hybridized carbons (Fsp3) is 0.600.